The minimum absolute atomic E-state index is 0.0134. The first kappa shape index (κ1) is 16.9. The van der Waals surface area contributed by atoms with Gasteiger partial charge in [-0.25, -0.2) is 8.42 Å². The summed E-state index contributed by atoms with van der Waals surface area (Å²) in [5, 5.41) is 9.51. The van der Waals surface area contributed by atoms with Crippen LogP contribution in [0.5, 0.6) is 0 Å². The van der Waals surface area contributed by atoms with Gasteiger partial charge in [-0.3, -0.25) is 4.79 Å². The van der Waals surface area contributed by atoms with Crippen molar-refractivity contribution < 1.29 is 18.3 Å². The number of nitrogens with one attached hydrogen (secondary N) is 1. The summed E-state index contributed by atoms with van der Waals surface area (Å²) in [4.78, 5) is 11.2. The Morgan fingerprint density at radius 3 is 2.35 bits per heavy atom. The van der Waals surface area contributed by atoms with Crippen LogP contribution in [-0.4, -0.2) is 25.5 Å². The van der Waals surface area contributed by atoms with E-state index >= 15 is 0 Å². The molecule has 0 aliphatic carbocycles. The highest BCUT2D eigenvalue weighted by molar-refractivity contribution is 7.89. The maximum absolute atomic E-state index is 12.3. The first-order chi connectivity index (χ1) is 8.97. The zero-order valence-corrected chi connectivity index (χ0v) is 13.3. The molecule has 0 amide bonds. The summed E-state index contributed by atoms with van der Waals surface area (Å²) in [5.74, 6) is -1.22. The van der Waals surface area contributed by atoms with E-state index < -0.39 is 27.4 Å². The van der Waals surface area contributed by atoms with Crippen LogP contribution in [0.4, 0.5) is 0 Å². The Bertz CT molecular complexity index is 620. The number of carboxylic acid groups (broad SMARTS) is 1. The van der Waals surface area contributed by atoms with E-state index in [1.54, 1.807) is 33.8 Å². The average Bonchev–Trinajstić information content (AvgIpc) is 2.27. The van der Waals surface area contributed by atoms with Gasteiger partial charge >= 0.3 is 5.97 Å². The Labute approximate surface area is 124 Å². The Balaban J connectivity index is 3.24. The van der Waals surface area contributed by atoms with Gasteiger partial charge in [-0.05, 0) is 30.0 Å². The Morgan fingerprint density at radius 1 is 1.35 bits per heavy atom. The standard InChI is InChI=1S/C13H18ClNO4S/c1-8-9(14)6-5-7-10(8)20(18,19)15-11(12(16)17)13(2,3)4/h5-7,11,15H,1-4H3,(H,16,17)/t11-/m1/s1. The van der Waals surface area contributed by atoms with E-state index in [1.165, 1.54) is 12.1 Å². The van der Waals surface area contributed by atoms with Crippen molar-refractivity contribution >= 4 is 27.6 Å². The minimum Gasteiger partial charge on any atom is -0.480 e. The summed E-state index contributed by atoms with van der Waals surface area (Å²) < 4.78 is 26.9. The number of carboxylic acids is 1. The van der Waals surface area contributed by atoms with Gasteiger partial charge in [0.15, 0.2) is 0 Å². The SMILES string of the molecule is Cc1c(Cl)cccc1S(=O)(=O)N[C@H](C(=O)O)C(C)(C)C. The van der Waals surface area contributed by atoms with Crippen LogP contribution in [0.25, 0.3) is 0 Å². The van der Waals surface area contributed by atoms with Crippen LogP contribution in [0.1, 0.15) is 26.3 Å². The van der Waals surface area contributed by atoms with Gasteiger partial charge < -0.3 is 5.11 Å². The van der Waals surface area contributed by atoms with Crippen molar-refractivity contribution in [1.82, 2.24) is 4.72 Å². The molecule has 0 aromatic heterocycles. The number of sulfonamides is 1. The van der Waals surface area contributed by atoms with Gasteiger partial charge in [0.2, 0.25) is 10.0 Å². The Hall–Kier alpha value is -1.11. The number of hydrogen-bond donors (Lipinski definition) is 2. The summed E-state index contributed by atoms with van der Waals surface area (Å²) in [6.45, 7) is 6.53. The second kappa shape index (κ2) is 5.71. The smallest absolute Gasteiger partial charge is 0.322 e. The summed E-state index contributed by atoms with van der Waals surface area (Å²) >= 11 is 5.90. The number of rotatable bonds is 4. The number of halogens is 1. The minimum atomic E-state index is -3.96. The van der Waals surface area contributed by atoms with Gasteiger partial charge in [-0.1, -0.05) is 38.4 Å². The van der Waals surface area contributed by atoms with Gasteiger partial charge in [0.05, 0.1) is 4.90 Å². The number of benzene rings is 1. The number of aliphatic carboxylic acids is 1. The van der Waals surface area contributed by atoms with Crippen molar-refractivity contribution in [3.8, 4) is 0 Å². The van der Waals surface area contributed by atoms with Crippen LogP contribution in [0, 0.1) is 12.3 Å². The van der Waals surface area contributed by atoms with Crippen LogP contribution in [0.2, 0.25) is 5.02 Å². The lowest BCUT2D eigenvalue weighted by atomic mass is 9.88. The third-order valence-corrected chi connectivity index (χ3v) is 4.87. The Morgan fingerprint density at radius 2 is 1.90 bits per heavy atom. The van der Waals surface area contributed by atoms with E-state index in [-0.39, 0.29) is 4.90 Å². The molecular formula is C13H18ClNO4S. The quantitative estimate of drug-likeness (QED) is 0.892. The zero-order valence-electron chi connectivity index (χ0n) is 11.8. The monoisotopic (exact) mass is 319 g/mol. The molecule has 1 atom stereocenters. The first-order valence-electron chi connectivity index (χ1n) is 5.97. The van der Waals surface area contributed by atoms with Crippen LogP contribution >= 0.6 is 11.6 Å². The average molecular weight is 320 g/mol. The third-order valence-electron chi connectivity index (χ3n) is 2.89. The molecule has 0 fully saturated rings. The van der Waals surface area contributed by atoms with E-state index in [1.807, 2.05) is 0 Å². The molecule has 112 valence electrons. The van der Waals surface area contributed by atoms with Gasteiger partial charge in [-0.15, -0.1) is 0 Å². The lowest BCUT2D eigenvalue weighted by Gasteiger charge is -2.27. The highest BCUT2D eigenvalue weighted by Gasteiger charge is 2.35. The molecule has 0 bridgehead atoms. The highest BCUT2D eigenvalue weighted by Crippen LogP contribution is 2.25. The topological polar surface area (TPSA) is 83.5 Å². The molecule has 0 saturated carbocycles. The van der Waals surface area contributed by atoms with Gasteiger partial charge in [0.25, 0.3) is 0 Å². The zero-order chi connectivity index (χ0) is 15.7. The normalized spacial score (nSPS) is 14.1. The van der Waals surface area contributed by atoms with E-state index in [0.29, 0.717) is 10.6 Å². The molecule has 1 rings (SSSR count). The molecule has 20 heavy (non-hydrogen) atoms. The van der Waals surface area contributed by atoms with Crippen LogP contribution in [-0.2, 0) is 14.8 Å². The lowest BCUT2D eigenvalue weighted by molar-refractivity contribution is -0.141. The van der Waals surface area contributed by atoms with Gasteiger partial charge in [0, 0.05) is 5.02 Å². The molecule has 0 unspecified atom stereocenters. The molecular weight excluding hydrogens is 302 g/mol. The van der Waals surface area contributed by atoms with Crippen LogP contribution in [0.3, 0.4) is 0 Å². The maximum atomic E-state index is 12.3. The molecule has 2 N–H and O–H groups in total. The van der Waals surface area contributed by atoms with Crippen molar-refractivity contribution in [1.29, 1.82) is 0 Å². The third kappa shape index (κ3) is 3.71. The maximum Gasteiger partial charge on any atom is 0.322 e. The summed E-state index contributed by atoms with van der Waals surface area (Å²) in [6, 6.07) is 3.25. The molecule has 5 nitrogen and oxygen atoms in total. The Kier molecular flexibility index (Phi) is 4.84. The second-order valence-corrected chi connectivity index (χ2v) is 7.71. The fourth-order valence-corrected chi connectivity index (χ4v) is 3.59. The molecule has 7 heteroatoms. The first-order valence-corrected chi connectivity index (χ1v) is 7.83. The predicted molar refractivity (Wildman–Crippen MR) is 77.4 cm³/mol. The van der Waals surface area contributed by atoms with Crippen LogP contribution in [0.15, 0.2) is 23.1 Å². The fraction of sp³-hybridized carbons (Fsp3) is 0.462. The summed E-state index contributed by atoms with van der Waals surface area (Å²) in [5.41, 5.74) is -0.370. The van der Waals surface area contributed by atoms with E-state index in [2.05, 4.69) is 4.72 Å². The van der Waals surface area contributed by atoms with Gasteiger partial charge in [-0.2, -0.15) is 4.72 Å². The molecule has 1 aromatic rings. The van der Waals surface area contributed by atoms with Crippen molar-refractivity contribution in [3.63, 3.8) is 0 Å². The van der Waals surface area contributed by atoms with Crippen molar-refractivity contribution in [3.05, 3.63) is 28.8 Å². The molecule has 0 aliphatic rings. The summed E-state index contributed by atoms with van der Waals surface area (Å²) in [6.07, 6.45) is 0. The van der Waals surface area contributed by atoms with Crippen molar-refractivity contribution in [2.45, 2.75) is 38.6 Å². The largest absolute Gasteiger partial charge is 0.480 e. The van der Waals surface area contributed by atoms with Crippen molar-refractivity contribution in [2.75, 3.05) is 0 Å². The molecule has 0 aliphatic heterocycles. The van der Waals surface area contributed by atoms with E-state index in [9.17, 15) is 18.3 Å². The van der Waals surface area contributed by atoms with Gasteiger partial charge in [0.1, 0.15) is 6.04 Å². The van der Waals surface area contributed by atoms with Crippen molar-refractivity contribution in [2.24, 2.45) is 5.41 Å². The summed E-state index contributed by atoms with van der Waals surface area (Å²) in [7, 11) is -3.96. The fourth-order valence-electron chi connectivity index (χ4n) is 1.70. The van der Waals surface area contributed by atoms with E-state index in [0.717, 1.165) is 0 Å². The number of hydrogen-bond acceptors (Lipinski definition) is 3. The molecule has 1 aromatic carbocycles. The van der Waals surface area contributed by atoms with Crippen LogP contribution < -0.4 is 4.72 Å². The number of carbonyl (C=O) groups is 1. The lowest BCUT2D eigenvalue weighted by Crippen LogP contribution is -2.49. The van der Waals surface area contributed by atoms with E-state index in [4.69, 9.17) is 11.6 Å². The predicted octanol–water partition coefficient (Wildman–Crippen LogP) is 2.43. The second-order valence-electron chi connectivity index (χ2n) is 5.62. The molecule has 0 radical (unpaired) electrons. The molecule has 0 spiro atoms. The molecule has 0 saturated heterocycles. The molecule has 0 heterocycles. The highest BCUT2D eigenvalue weighted by atomic mass is 35.5.